The Morgan fingerprint density at radius 2 is 2.11 bits per heavy atom. The Balaban J connectivity index is 2.10. The van der Waals surface area contributed by atoms with Gasteiger partial charge in [0.15, 0.2) is 0 Å². The summed E-state index contributed by atoms with van der Waals surface area (Å²) in [6.07, 6.45) is 0. The van der Waals surface area contributed by atoms with Crippen molar-refractivity contribution >= 4 is 28.5 Å². The Labute approximate surface area is 111 Å². The largest absolute Gasteiger partial charge is 0.382 e. The summed E-state index contributed by atoms with van der Waals surface area (Å²) in [7, 11) is 0. The highest BCUT2D eigenvalue weighted by molar-refractivity contribution is 6.33. The lowest BCUT2D eigenvalue weighted by atomic mass is 10.2. The third kappa shape index (κ3) is 1.76. The van der Waals surface area contributed by atoms with E-state index in [1.54, 1.807) is 0 Å². The van der Waals surface area contributed by atoms with Crippen LogP contribution in [0.5, 0.6) is 0 Å². The van der Waals surface area contributed by atoms with Crippen molar-refractivity contribution in [1.82, 2.24) is 14.5 Å². The smallest absolute Gasteiger partial charge is 0.144 e. The average molecular weight is 265 g/mol. The minimum atomic E-state index is 0.413. The second kappa shape index (κ2) is 4.14. The third-order valence-corrected chi connectivity index (χ3v) is 3.94. The van der Waals surface area contributed by atoms with Gasteiger partial charge in [-0.1, -0.05) is 11.6 Å². The van der Waals surface area contributed by atoms with Crippen LogP contribution < -0.4 is 5.73 Å². The molecule has 96 valence electrons. The Bertz CT molecular complexity index is 603. The fourth-order valence-corrected chi connectivity index (χ4v) is 2.72. The van der Waals surface area contributed by atoms with Crippen LogP contribution in [-0.2, 0) is 13.1 Å². The summed E-state index contributed by atoms with van der Waals surface area (Å²) in [5.41, 5.74) is 8.03. The van der Waals surface area contributed by atoms with E-state index in [9.17, 15) is 0 Å². The van der Waals surface area contributed by atoms with Crippen molar-refractivity contribution in [3.63, 3.8) is 0 Å². The molecule has 0 atom stereocenters. The first-order valence-corrected chi connectivity index (χ1v) is 6.62. The maximum atomic E-state index is 6.02. The van der Waals surface area contributed by atoms with Crippen LogP contribution in [0.2, 0.25) is 5.02 Å². The lowest BCUT2D eigenvalue weighted by Crippen LogP contribution is -2.38. The first-order chi connectivity index (χ1) is 8.56. The Hall–Kier alpha value is -1.26. The zero-order valence-corrected chi connectivity index (χ0v) is 11.4. The SMILES string of the molecule is CC(C)N1CCn2c(cc3cc(Cl)c(N)nc32)C1. The molecule has 0 amide bonds. The molecule has 1 aliphatic rings. The van der Waals surface area contributed by atoms with Crippen LogP contribution in [0, 0.1) is 0 Å². The molecule has 0 aliphatic carbocycles. The van der Waals surface area contributed by atoms with Gasteiger partial charge in [0, 0.05) is 36.8 Å². The zero-order chi connectivity index (χ0) is 12.9. The number of pyridine rings is 1. The molecule has 2 aromatic rings. The molecule has 3 heterocycles. The number of anilines is 1. The first kappa shape index (κ1) is 11.8. The molecule has 0 fully saturated rings. The van der Waals surface area contributed by atoms with Crippen LogP contribution in [0.1, 0.15) is 19.5 Å². The Morgan fingerprint density at radius 3 is 2.83 bits per heavy atom. The summed E-state index contributed by atoms with van der Waals surface area (Å²) in [5.74, 6) is 0.413. The van der Waals surface area contributed by atoms with Gasteiger partial charge in [0.1, 0.15) is 11.5 Å². The number of nitrogens with two attached hydrogens (primary N) is 1. The van der Waals surface area contributed by atoms with Gasteiger partial charge in [0.25, 0.3) is 0 Å². The van der Waals surface area contributed by atoms with Crippen LogP contribution in [0.25, 0.3) is 11.0 Å². The van der Waals surface area contributed by atoms with Gasteiger partial charge in [0.05, 0.1) is 5.02 Å². The number of nitrogen functional groups attached to an aromatic ring is 1. The summed E-state index contributed by atoms with van der Waals surface area (Å²) >= 11 is 6.02. The molecule has 5 heteroatoms. The lowest BCUT2D eigenvalue weighted by Gasteiger charge is -2.31. The molecule has 2 aromatic heterocycles. The lowest BCUT2D eigenvalue weighted by molar-refractivity contribution is 0.178. The van der Waals surface area contributed by atoms with E-state index in [1.807, 2.05) is 6.07 Å². The predicted octanol–water partition coefficient (Wildman–Crippen LogP) is 2.50. The number of hydrogen-bond donors (Lipinski definition) is 1. The number of aromatic nitrogens is 2. The zero-order valence-electron chi connectivity index (χ0n) is 10.7. The van der Waals surface area contributed by atoms with Gasteiger partial charge in [-0.3, -0.25) is 4.90 Å². The highest BCUT2D eigenvalue weighted by Gasteiger charge is 2.21. The van der Waals surface area contributed by atoms with E-state index in [1.165, 1.54) is 5.69 Å². The van der Waals surface area contributed by atoms with Gasteiger partial charge in [-0.05, 0) is 26.0 Å². The van der Waals surface area contributed by atoms with E-state index in [4.69, 9.17) is 17.3 Å². The quantitative estimate of drug-likeness (QED) is 0.861. The average Bonchev–Trinajstić information content (AvgIpc) is 2.66. The normalized spacial score (nSPS) is 16.4. The molecule has 0 saturated heterocycles. The first-order valence-electron chi connectivity index (χ1n) is 6.24. The van der Waals surface area contributed by atoms with Crippen LogP contribution in [0.3, 0.4) is 0 Å². The molecule has 2 N–H and O–H groups in total. The highest BCUT2D eigenvalue weighted by Crippen LogP contribution is 2.28. The minimum Gasteiger partial charge on any atom is -0.382 e. The molecular formula is C13H17ClN4. The van der Waals surface area contributed by atoms with Crippen LogP contribution >= 0.6 is 11.6 Å². The van der Waals surface area contributed by atoms with Crippen molar-refractivity contribution in [3.8, 4) is 0 Å². The van der Waals surface area contributed by atoms with Crippen molar-refractivity contribution in [3.05, 3.63) is 22.8 Å². The monoisotopic (exact) mass is 264 g/mol. The standard InChI is InChI=1S/C13H17ClN4/c1-8(2)17-3-4-18-10(7-17)5-9-6-11(14)12(15)16-13(9)18/h5-6,8H,3-4,7H2,1-2H3,(H2,15,16). The maximum Gasteiger partial charge on any atom is 0.144 e. The predicted molar refractivity (Wildman–Crippen MR) is 74.7 cm³/mol. The molecule has 3 rings (SSSR count). The summed E-state index contributed by atoms with van der Waals surface area (Å²) in [4.78, 5) is 6.87. The van der Waals surface area contributed by atoms with E-state index in [-0.39, 0.29) is 0 Å². The molecule has 1 aliphatic heterocycles. The van der Waals surface area contributed by atoms with Crippen molar-refractivity contribution in [2.24, 2.45) is 0 Å². The number of hydrogen-bond acceptors (Lipinski definition) is 3. The van der Waals surface area contributed by atoms with Gasteiger partial charge < -0.3 is 10.3 Å². The molecule has 0 radical (unpaired) electrons. The number of fused-ring (bicyclic) bond motifs is 3. The van der Waals surface area contributed by atoms with E-state index in [2.05, 4.69) is 34.4 Å². The number of halogens is 1. The summed E-state index contributed by atoms with van der Waals surface area (Å²) in [6, 6.07) is 4.64. The van der Waals surface area contributed by atoms with Crippen molar-refractivity contribution in [2.45, 2.75) is 33.0 Å². The molecule has 0 saturated carbocycles. The molecule has 0 aromatic carbocycles. The van der Waals surface area contributed by atoms with E-state index >= 15 is 0 Å². The van der Waals surface area contributed by atoms with E-state index in [0.29, 0.717) is 16.9 Å². The van der Waals surface area contributed by atoms with Crippen molar-refractivity contribution < 1.29 is 0 Å². The number of nitrogens with zero attached hydrogens (tertiary/aromatic N) is 3. The molecule has 0 unspecified atom stereocenters. The van der Waals surface area contributed by atoms with E-state index < -0.39 is 0 Å². The topological polar surface area (TPSA) is 47.1 Å². The van der Waals surface area contributed by atoms with Crippen molar-refractivity contribution in [2.75, 3.05) is 12.3 Å². The Kier molecular flexibility index (Phi) is 2.72. The molecule has 18 heavy (non-hydrogen) atoms. The number of rotatable bonds is 1. The van der Waals surface area contributed by atoms with Gasteiger partial charge >= 0.3 is 0 Å². The second-order valence-corrected chi connectivity index (χ2v) is 5.53. The molecule has 0 spiro atoms. The van der Waals surface area contributed by atoms with Crippen LogP contribution in [-0.4, -0.2) is 27.0 Å². The van der Waals surface area contributed by atoms with E-state index in [0.717, 1.165) is 30.7 Å². The molecule has 4 nitrogen and oxygen atoms in total. The fourth-order valence-electron chi connectivity index (χ4n) is 2.56. The molecule has 0 bridgehead atoms. The highest BCUT2D eigenvalue weighted by atomic mass is 35.5. The fraction of sp³-hybridized carbons (Fsp3) is 0.462. The van der Waals surface area contributed by atoms with Crippen molar-refractivity contribution in [1.29, 1.82) is 0 Å². The summed E-state index contributed by atoms with van der Waals surface area (Å²) < 4.78 is 2.25. The summed E-state index contributed by atoms with van der Waals surface area (Å²) in [5, 5.41) is 1.61. The molecular weight excluding hydrogens is 248 g/mol. The Morgan fingerprint density at radius 1 is 1.33 bits per heavy atom. The summed E-state index contributed by atoms with van der Waals surface area (Å²) in [6.45, 7) is 7.44. The maximum absolute atomic E-state index is 6.02. The van der Waals surface area contributed by atoms with Gasteiger partial charge in [-0.15, -0.1) is 0 Å². The third-order valence-electron chi connectivity index (χ3n) is 3.64. The van der Waals surface area contributed by atoms with Gasteiger partial charge in [0.2, 0.25) is 0 Å². The van der Waals surface area contributed by atoms with Crippen LogP contribution in [0.4, 0.5) is 5.82 Å². The van der Waals surface area contributed by atoms with Gasteiger partial charge in [-0.2, -0.15) is 0 Å². The van der Waals surface area contributed by atoms with Crippen LogP contribution in [0.15, 0.2) is 12.1 Å². The van der Waals surface area contributed by atoms with Gasteiger partial charge in [-0.25, -0.2) is 4.98 Å². The second-order valence-electron chi connectivity index (χ2n) is 5.12. The minimum absolute atomic E-state index is 0.413.